The minimum atomic E-state index is 0.340. The van der Waals surface area contributed by atoms with Gasteiger partial charge in [0.15, 0.2) is 0 Å². The molecule has 0 radical (unpaired) electrons. The van der Waals surface area contributed by atoms with Gasteiger partial charge >= 0.3 is 0 Å². The van der Waals surface area contributed by atoms with Crippen molar-refractivity contribution in [2.24, 2.45) is 5.73 Å². The van der Waals surface area contributed by atoms with Crippen LogP contribution in [0.2, 0.25) is 5.02 Å². The Labute approximate surface area is 147 Å². The number of hydrogen-bond donors (Lipinski definition) is 1. The third-order valence-electron chi connectivity index (χ3n) is 5.06. The van der Waals surface area contributed by atoms with Crippen molar-refractivity contribution in [3.63, 3.8) is 0 Å². The Kier molecular flexibility index (Phi) is 4.29. The molecular formula is C18H22ClN5. The van der Waals surface area contributed by atoms with Gasteiger partial charge in [-0.25, -0.2) is 9.97 Å². The maximum Gasteiger partial charge on any atom is 0.132 e. The summed E-state index contributed by atoms with van der Waals surface area (Å²) in [5.41, 5.74) is 8.15. The van der Waals surface area contributed by atoms with Crippen LogP contribution in [0.25, 0.3) is 0 Å². The van der Waals surface area contributed by atoms with Gasteiger partial charge in [-0.1, -0.05) is 23.7 Å². The lowest BCUT2D eigenvalue weighted by molar-refractivity contribution is 0.345. The van der Waals surface area contributed by atoms with Crippen molar-refractivity contribution in [1.82, 2.24) is 9.97 Å². The molecule has 5 nitrogen and oxygen atoms in total. The Morgan fingerprint density at radius 1 is 1.00 bits per heavy atom. The van der Waals surface area contributed by atoms with Crippen LogP contribution in [0.3, 0.4) is 0 Å². The van der Waals surface area contributed by atoms with Crippen LogP contribution < -0.4 is 15.5 Å². The van der Waals surface area contributed by atoms with Crippen LogP contribution in [0, 0.1) is 0 Å². The number of nitrogens with two attached hydrogens (primary N) is 1. The minimum absolute atomic E-state index is 0.340. The van der Waals surface area contributed by atoms with Gasteiger partial charge in [-0.3, -0.25) is 0 Å². The van der Waals surface area contributed by atoms with Crippen LogP contribution in [-0.4, -0.2) is 42.2 Å². The van der Waals surface area contributed by atoms with Crippen molar-refractivity contribution < 1.29 is 0 Å². The highest BCUT2D eigenvalue weighted by atomic mass is 35.5. The monoisotopic (exact) mass is 343 g/mol. The molecule has 4 rings (SSSR count). The Hall–Kier alpha value is -1.85. The maximum atomic E-state index is 6.31. The Morgan fingerprint density at radius 3 is 2.42 bits per heavy atom. The first-order valence-corrected chi connectivity index (χ1v) is 8.90. The van der Waals surface area contributed by atoms with E-state index in [4.69, 9.17) is 17.3 Å². The summed E-state index contributed by atoms with van der Waals surface area (Å²) >= 11 is 6.31. The number of benzene rings is 1. The SMILES string of the molecule is NC1CC(c2cc(N3CCN(c4ccccc4Cl)CC3)ncn2)C1. The number of para-hydroxylation sites is 1. The zero-order valence-electron chi connectivity index (χ0n) is 13.6. The van der Waals surface area contributed by atoms with E-state index in [1.54, 1.807) is 6.33 Å². The van der Waals surface area contributed by atoms with Gasteiger partial charge in [0.2, 0.25) is 0 Å². The second-order valence-corrected chi connectivity index (χ2v) is 7.06. The predicted octanol–water partition coefficient (Wildman–Crippen LogP) is 2.66. The number of piperazine rings is 1. The zero-order valence-corrected chi connectivity index (χ0v) is 14.4. The minimum Gasteiger partial charge on any atom is -0.367 e. The summed E-state index contributed by atoms with van der Waals surface area (Å²) in [5, 5.41) is 0.816. The Bertz CT molecular complexity index is 708. The summed E-state index contributed by atoms with van der Waals surface area (Å²) in [5.74, 6) is 1.53. The number of aromatic nitrogens is 2. The van der Waals surface area contributed by atoms with E-state index in [1.165, 1.54) is 0 Å². The molecule has 1 aliphatic heterocycles. The summed E-state index contributed by atoms with van der Waals surface area (Å²) in [6, 6.07) is 10.5. The number of hydrogen-bond acceptors (Lipinski definition) is 5. The van der Waals surface area contributed by atoms with Crippen molar-refractivity contribution in [1.29, 1.82) is 0 Å². The van der Waals surface area contributed by atoms with Gasteiger partial charge < -0.3 is 15.5 Å². The molecule has 2 heterocycles. The molecule has 0 unspecified atom stereocenters. The summed E-state index contributed by atoms with van der Waals surface area (Å²) in [4.78, 5) is 13.6. The van der Waals surface area contributed by atoms with Crippen molar-refractivity contribution in [3.8, 4) is 0 Å². The summed E-state index contributed by atoms with van der Waals surface area (Å²) in [7, 11) is 0. The summed E-state index contributed by atoms with van der Waals surface area (Å²) in [6.07, 6.45) is 3.77. The van der Waals surface area contributed by atoms with Crippen LogP contribution in [-0.2, 0) is 0 Å². The molecule has 1 saturated carbocycles. The molecule has 126 valence electrons. The van der Waals surface area contributed by atoms with E-state index < -0.39 is 0 Å². The summed E-state index contributed by atoms with van der Waals surface area (Å²) in [6.45, 7) is 3.76. The second-order valence-electron chi connectivity index (χ2n) is 6.65. The third kappa shape index (κ3) is 3.06. The van der Waals surface area contributed by atoms with Crippen LogP contribution in [0.15, 0.2) is 36.7 Å². The number of halogens is 1. The molecule has 0 atom stereocenters. The molecule has 2 fully saturated rings. The molecule has 2 aliphatic rings. The fraction of sp³-hybridized carbons (Fsp3) is 0.444. The van der Waals surface area contributed by atoms with Crippen LogP contribution >= 0.6 is 11.6 Å². The van der Waals surface area contributed by atoms with Gasteiger partial charge in [0, 0.05) is 49.9 Å². The van der Waals surface area contributed by atoms with Crippen LogP contribution in [0.1, 0.15) is 24.5 Å². The average molecular weight is 344 g/mol. The van der Waals surface area contributed by atoms with E-state index >= 15 is 0 Å². The van der Waals surface area contributed by atoms with Gasteiger partial charge in [0.1, 0.15) is 12.1 Å². The molecule has 1 aromatic carbocycles. The quantitative estimate of drug-likeness (QED) is 0.928. The first-order valence-electron chi connectivity index (χ1n) is 8.52. The highest BCUT2D eigenvalue weighted by molar-refractivity contribution is 6.33. The molecular weight excluding hydrogens is 322 g/mol. The predicted molar refractivity (Wildman–Crippen MR) is 97.9 cm³/mol. The van der Waals surface area contributed by atoms with Crippen molar-refractivity contribution in [2.45, 2.75) is 24.8 Å². The van der Waals surface area contributed by atoms with Gasteiger partial charge in [0.05, 0.1) is 10.7 Å². The summed E-state index contributed by atoms with van der Waals surface area (Å²) < 4.78 is 0. The topological polar surface area (TPSA) is 58.3 Å². The van der Waals surface area contributed by atoms with E-state index in [2.05, 4.69) is 31.9 Å². The lowest BCUT2D eigenvalue weighted by atomic mass is 9.78. The molecule has 0 amide bonds. The Balaban J connectivity index is 1.43. The van der Waals surface area contributed by atoms with E-state index in [1.807, 2.05) is 18.2 Å². The molecule has 1 saturated heterocycles. The second kappa shape index (κ2) is 6.57. The largest absolute Gasteiger partial charge is 0.367 e. The average Bonchev–Trinajstić information content (AvgIpc) is 2.60. The third-order valence-corrected chi connectivity index (χ3v) is 5.38. The molecule has 0 spiro atoms. The molecule has 1 aromatic heterocycles. The fourth-order valence-electron chi connectivity index (χ4n) is 3.55. The Morgan fingerprint density at radius 2 is 1.71 bits per heavy atom. The standard InChI is InChI=1S/C18H22ClN5/c19-15-3-1-2-4-17(15)23-5-7-24(8-6-23)18-11-16(21-12-22-18)13-9-14(20)10-13/h1-4,11-14H,5-10,20H2. The molecule has 1 aliphatic carbocycles. The molecule has 2 aromatic rings. The number of nitrogens with zero attached hydrogens (tertiary/aromatic N) is 4. The number of rotatable bonds is 3. The first kappa shape index (κ1) is 15.7. The van der Waals surface area contributed by atoms with Gasteiger partial charge in [0.25, 0.3) is 0 Å². The highest BCUT2D eigenvalue weighted by Gasteiger charge is 2.29. The highest BCUT2D eigenvalue weighted by Crippen LogP contribution is 2.35. The maximum absolute atomic E-state index is 6.31. The zero-order chi connectivity index (χ0) is 16.5. The van der Waals surface area contributed by atoms with E-state index in [0.717, 1.165) is 61.2 Å². The number of anilines is 2. The van der Waals surface area contributed by atoms with E-state index in [0.29, 0.717) is 12.0 Å². The van der Waals surface area contributed by atoms with Crippen molar-refractivity contribution in [3.05, 3.63) is 47.4 Å². The normalized spacial score (nSPS) is 23.9. The smallest absolute Gasteiger partial charge is 0.132 e. The molecule has 0 bridgehead atoms. The van der Waals surface area contributed by atoms with E-state index in [9.17, 15) is 0 Å². The van der Waals surface area contributed by atoms with Crippen molar-refractivity contribution >= 4 is 23.1 Å². The van der Waals surface area contributed by atoms with Gasteiger partial charge in [-0.15, -0.1) is 0 Å². The van der Waals surface area contributed by atoms with Gasteiger partial charge in [-0.2, -0.15) is 0 Å². The van der Waals surface area contributed by atoms with Crippen LogP contribution in [0.4, 0.5) is 11.5 Å². The lowest BCUT2D eigenvalue weighted by Gasteiger charge is -2.37. The fourth-order valence-corrected chi connectivity index (χ4v) is 3.80. The van der Waals surface area contributed by atoms with Gasteiger partial charge in [-0.05, 0) is 25.0 Å². The lowest BCUT2D eigenvalue weighted by Crippen LogP contribution is -2.47. The molecule has 24 heavy (non-hydrogen) atoms. The van der Waals surface area contributed by atoms with E-state index in [-0.39, 0.29) is 0 Å². The van der Waals surface area contributed by atoms with Crippen LogP contribution in [0.5, 0.6) is 0 Å². The first-order chi connectivity index (χ1) is 11.7. The van der Waals surface area contributed by atoms with Crippen molar-refractivity contribution in [2.75, 3.05) is 36.0 Å². The molecule has 2 N–H and O–H groups in total. The molecule has 6 heteroatoms.